The predicted octanol–water partition coefficient (Wildman–Crippen LogP) is 0.721. The maximum Gasteiger partial charge on any atom is 0.214 e. The summed E-state index contributed by atoms with van der Waals surface area (Å²) < 4.78 is 25.4. The molecule has 0 bridgehead atoms. The Kier molecular flexibility index (Phi) is 5.63. The number of nitrogens with one attached hydrogen (secondary N) is 1. The lowest BCUT2D eigenvalue weighted by Gasteiger charge is -2.19. The van der Waals surface area contributed by atoms with Crippen LogP contribution in [0.3, 0.4) is 0 Å². The monoisotopic (exact) mass is 223 g/mol. The maximum atomic E-state index is 11.5. The molecule has 4 nitrogen and oxygen atoms in total. The summed E-state index contributed by atoms with van der Waals surface area (Å²) in [5.41, 5.74) is 0. The van der Waals surface area contributed by atoms with E-state index in [-0.39, 0.29) is 12.6 Å². The standard InChI is InChI=1S/C9H21NO3S/c1-7(2)5-9(6-11)10-14(12,13)8(3)4/h7-11H,5-6H2,1-4H3. The van der Waals surface area contributed by atoms with E-state index >= 15 is 0 Å². The van der Waals surface area contributed by atoms with Crippen molar-refractivity contribution >= 4 is 10.0 Å². The number of hydrogen-bond donors (Lipinski definition) is 2. The van der Waals surface area contributed by atoms with Crippen molar-refractivity contribution in [3.8, 4) is 0 Å². The molecular formula is C9H21NO3S. The van der Waals surface area contributed by atoms with Crippen LogP contribution in [0.2, 0.25) is 0 Å². The molecule has 0 saturated heterocycles. The second-order valence-electron chi connectivity index (χ2n) is 4.22. The molecule has 0 aromatic rings. The van der Waals surface area contributed by atoms with E-state index in [1.807, 2.05) is 13.8 Å². The fourth-order valence-corrected chi connectivity index (χ4v) is 2.00. The van der Waals surface area contributed by atoms with Gasteiger partial charge in [0.05, 0.1) is 11.9 Å². The highest BCUT2D eigenvalue weighted by Gasteiger charge is 2.21. The van der Waals surface area contributed by atoms with Gasteiger partial charge in [0, 0.05) is 6.04 Å². The SMILES string of the molecule is CC(C)CC(CO)NS(=O)(=O)C(C)C. The zero-order valence-electron chi connectivity index (χ0n) is 9.32. The predicted molar refractivity (Wildman–Crippen MR) is 57.5 cm³/mol. The molecule has 5 heteroatoms. The first-order chi connectivity index (χ1) is 6.29. The Morgan fingerprint density at radius 1 is 1.21 bits per heavy atom. The van der Waals surface area contributed by atoms with E-state index in [0.717, 1.165) is 0 Å². The first kappa shape index (κ1) is 13.9. The molecule has 0 amide bonds. The van der Waals surface area contributed by atoms with Crippen LogP contribution in [0, 0.1) is 5.92 Å². The van der Waals surface area contributed by atoms with Crippen LogP contribution in [0.15, 0.2) is 0 Å². The van der Waals surface area contributed by atoms with Crippen LogP contribution in [0.25, 0.3) is 0 Å². The molecular weight excluding hydrogens is 202 g/mol. The average molecular weight is 223 g/mol. The number of sulfonamides is 1. The van der Waals surface area contributed by atoms with Crippen molar-refractivity contribution in [3.05, 3.63) is 0 Å². The molecule has 0 spiro atoms. The van der Waals surface area contributed by atoms with Gasteiger partial charge >= 0.3 is 0 Å². The minimum absolute atomic E-state index is 0.149. The lowest BCUT2D eigenvalue weighted by atomic mass is 10.1. The van der Waals surface area contributed by atoms with Crippen LogP contribution in [-0.4, -0.2) is 31.4 Å². The van der Waals surface area contributed by atoms with E-state index in [4.69, 9.17) is 5.11 Å². The fraction of sp³-hybridized carbons (Fsp3) is 1.00. The maximum absolute atomic E-state index is 11.5. The second-order valence-corrected chi connectivity index (χ2v) is 6.49. The first-order valence-corrected chi connectivity index (χ1v) is 6.46. The number of hydrogen-bond acceptors (Lipinski definition) is 3. The van der Waals surface area contributed by atoms with Crippen molar-refractivity contribution in [2.45, 2.75) is 45.4 Å². The Hall–Kier alpha value is -0.130. The second kappa shape index (κ2) is 5.68. The lowest BCUT2D eigenvalue weighted by Crippen LogP contribution is -2.41. The topological polar surface area (TPSA) is 66.4 Å². The molecule has 0 aromatic heterocycles. The van der Waals surface area contributed by atoms with E-state index in [9.17, 15) is 8.42 Å². The van der Waals surface area contributed by atoms with Gasteiger partial charge in [0.1, 0.15) is 0 Å². The molecule has 0 radical (unpaired) electrons. The Balaban J connectivity index is 4.32. The Morgan fingerprint density at radius 3 is 2.00 bits per heavy atom. The first-order valence-electron chi connectivity index (χ1n) is 4.91. The summed E-state index contributed by atoms with van der Waals surface area (Å²) >= 11 is 0. The van der Waals surface area contributed by atoms with Crippen molar-refractivity contribution in [3.63, 3.8) is 0 Å². The molecule has 0 aliphatic heterocycles. The number of rotatable bonds is 6. The van der Waals surface area contributed by atoms with Gasteiger partial charge in [0.2, 0.25) is 10.0 Å². The van der Waals surface area contributed by atoms with Crippen molar-refractivity contribution in [2.24, 2.45) is 5.92 Å². The largest absolute Gasteiger partial charge is 0.395 e. The van der Waals surface area contributed by atoms with Crippen molar-refractivity contribution < 1.29 is 13.5 Å². The molecule has 86 valence electrons. The van der Waals surface area contributed by atoms with E-state index in [0.29, 0.717) is 12.3 Å². The Labute approximate surface area is 86.8 Å². The Morgan fingerprint density at radius 2 is 1.71 bits per heavy atom. The smallest absolute Gasteiger partial charge is 0.214 e. The molecule has 0 saturated carbocycles. The molecule has 0 rings (SSSR count). The van der Waals surface area contributed by atoms with E-state index in [1.54, 1.807) is 13.8 Å². The Bertz CT molecular complexity index is 247. The zero-order valence-corrected chi connectivity index (χ0v) is 10.1. The molecule has 0 heterocycles. The van der Waals surface area contributed by atoms with E-state index in [1.165, 1.54) is 0 Å². The summed E-state index contributed by atoms with van der Waals surface area (Å²) in [5, 5.41) is 8.54. The summed E-state index contributed by atoms with van der Waals surface area (Å²) in [6.45, 7) is 7.07. The van der Waals surface area contributed by atoms with Gasteiger partial charge in [-0.05, 0) is 26.2 Å². The number of aliphatic hydroxyl groups is 1. The molecule has 0 fully saturated rings. The summed E-state index contributed by atoms with van der Waals surface area (Å²) in [6.07, 6.45) is 0.655. The van der Waals surface area contributed by atoms with Gasteiger partial charge < -0.3 is 5.11 Å². The average Bonchev–Trinajstić information content (AvgIpc) is 2.01. The van der Waals surface area contributed by atoms with Gasteiger partial charge in [0.15, 0.2) is 0 Å². The third-order valence-electron chi connectivity index (χ3n) is 1.93. The molecule has 0 aromatic carbocycles. The van der Waals surface area contributed by atoms with E-state index < -0.39 is 15.3 Å². The van der Waals surface area contributed by atoms with Crippen molar-refractivity contribution in [2.75, 3.05) is 6.61 Å². The highest BCUT2D eigenvalue weighted by Crippen LogP contribution is 2.07. The van der Waals surface area contributed by atoms with Gasteiger partial charge in [-0.1, -0.05) is 13.8 Å². The van der Waals surface area contributed by atoms with Crippen LogP contribution in [0.4, 0.5) is 0 Å². The summed E-state index contributed by atoms with van der Waals surface area (Å²) in [5.74, 6) is 0.363. The van der Waals surface area contributed by atoms with Crippen molar-refractivity contribution in [1.82, 2.24) is 4.72 Å². The van der Waals surface area contributed by atoms with Crippen LogP contribution in [-0.2, 0) is 10.0 Å². The normalized spacial score (nSPS) is 15.1. The van der Waals surface area contributed by atoms with Gasteiger partial charge in [-0.25, -0.2) is 13.1 Å². The molecule has 0 aliphatic rings. The molecule has 1 unspecified atom stereocenters. The van der Waals surface area contributed by atoms with Crippen LogP contribution in [0.5, 0.6) is 0 Å². The highest BCUT2D eigenvalue weighted by atomic mass is 32.2. The highest BCUT2D eigenvalue weighted by molar-refractivity contribution is 7.90. The molecule has 2 N–H and O–H groups in total. The van der Waals surface area contributed by atoms with Gasteiger partial charge in [-0.3, -0.25) is 0 Å². The quantitative estimate of drug-likeness (QED) is 0.697. The minimum Gasteiger partial charge on any atom is -0.395 e. The number of aliphatic hydroxyl groups excluding tert-OH is 1. The summed E-state index contributed by atoms with van der Waals surface area (Å²) in [4.78, 5) is 0. The minimum atomic E-state index is -3.27. The third-order valence-corrected chi connectivity index (χ3v) is 3.83. The summed E-state index contributed by atoms with van der Waals surface area (Å²) in [6, 6.07) is -0.359. The van der Waals surface area contributed by atoms with E-state index in [2.05, 4.69) is 4.72 Å². The molecule has 0 aliphatic carbocycles. The van der Waals surface area contributed by atoms with Gasteiger partial charge in [-0.2, -0.15) is 0 Å². The van der Waals surface area contributed by atoms with Crippen LogP contribution >= 0.6 is 0 Å². The van der Waals surface area contributed by atoms with Crippen molar-refractivity contribution in [1.29, 1.82) is 0 Å². The molecule has 1 atom stereocenters. The van der Waals surface area contributed by atoms with Gasteiger partial charge in [-0.15, -0.1) is 0 Å². The van der Waals surface area contributed by atoms with Crippen LogP contribution in [0.1, 0.15) is 34.1 Å². The van der Waals surface area contributed by atoms with Crippen LogP contribution < -0.4 is 4.72 Å². The molecule has 14 heavy (non-hydrogen) atoms. The zero-order chi connectivity index (χ0) is 11.4. The third kappa shape index (κ3) is 4.93. The lowest BCUT2D eigenvalue weighted by molar-refractivity contribution is 0.239. The summed E-state index contributed by atoms with van der Waals surface area (Å²) in [7, 11) is -3.27. The fourth-order valence-electron chi connectivity index (χ4n) is 1.10. The van der Waals surface area contributed by atoms with Gasteiger partial charge in [0.25, 0.3) is 0 Å².